The zero-order chi connectivity index (χ0) is 28.5. The van der Waals surface area contributed by atoms with E-state index in [1.54, 1.807) is 19.0 Å². The summed E-state index contributed by atoms with van der Waals surface area (Å²) in [7, 11) is 3.50. The Hall–Kier alpha value is -3.78. The first-order valence-electron chi connectivity index (χ1n) is 15.0. The molecule has 0 radical (unpaired) electrons. The van der Waals surface area contributed by atoms with E-state index in [1.807, 2.05) is 11.0 Å². The average Bonchev–Trinajstić information content (AvgIpc) is 3.60. The fourth-order valence-electron chi connectivity index (χ4n) is 6.74. The van der Waals surface area contributed by atoms with E-state index in [0.717, 1.165) is 68.2 Å². The Morgan fingerprint density at radius 1 is 1.00 bits per heavy atom. The normalized spacial score (nSPS) is 20.5. The fourth-order valence-corrected chi connectivity index (χ4v) is 6.74. The van der Waals surface area contributed by atoms with E-state index in [9.17, 15) is 9.59 Å². The van der Waals surface area contributed by atoms with E-state index in [1.165, 1.54) is 16.5 Å². The first-order chi connectivity index (χ1) is 19.9. The molecular weight excluding hydrogens is 512 g/mol. The Morgan fingerprint density at radius 2 is 1.80 bits per heavy atom. The summed E-state index contributed by atoms with van der Waals surface area (Å²) in [6.07, 6.45) is 7.22. The van der Waals surface area contributed by atoms with Crippen LogP contribution in [-0.4, -0.2) is 89.0 Å². The molecule has 2 aliphatic heterocycles. The fraction of sp³-hybridized carbons (Fsp3) is 0.455. The van der Waals surface area contributed by atoms with Crippen molar-refractivity contribution in [2.75, 3.05) is 40.3 Å². The van der Waals surface area contributed by atoms with Gasteiger partial charge in [0.25, 0.3) is 5.91 Å². The molecule has 3 N–H and O–H groups in total. The molecule has 4 heterocycles. The van der Waals surface area contributed by atoms with Crippen molar-refractivity contribution in [3.8, 4) is 0 Å². The van der Waals surface area contributed by atoms with Gasteiger partial charge in [0.05, 0.1) is 0 Å². The highest BCUT2D eigenvalue weighted by Gasteiger charge is 2.34. The number of fused-ring (bicyclic) bond motifs is 2. The van der Waals surface area contributed by atoms with Crippen molar-refractivity contribution in [3.05, 3.63) is 71.5 Å². The highest BCUT2D eigenvalue weighted by atomic mass is 16.2. The Kier molecular flexibility index (Phi) is 7.75. The lowest BCUT2D eigenvalue weighted by Crippen LogP contribution is -2.55. The molecule has 3 amide bonds. The van der Waals surface area contributed by atoms with Crippen molar-refractivity contribution in [1.82, 2.24) is 30.0 Å². The number of aromatic nitrogens is 2. The van der Waals surface area contributed by atoms with Crippen LogP contribution in [0.2, 0.25) is 0 Å². The third-order valence-corrected chi connectivity index (χ3v) is 9.14. The SMILES string of the molecule is Cc1ccc2cc(C(=O)N3C[C@H](NC(=O)N(C)C)CC[C@@H]3CCN3CCC(c4c[nH]c5ccccc45)CC3)[nH]c2c1. The van der Waals surface area contributed by atoms with Crippen molar-refractivity contribution < 1.29 is 9.59 Å². The number of piperidine rings is 2. The third-order valence-electron chi connectivity index (χ3n) is 9.14. The van der Waals surface area contributed by atoms with Crippen molar-refractivity contribution in [1.29, 1.82) is 0 Å². The zero-order valence-electron chi connectivity index (χ0n) is 24.5. The van der Waals surface area contributed by atoms with Gasteiger partial charge in [-0.1, -0.05) is 30.3 Å². The van der Waals surface area contributed by atoms with Gasteiger partial charge < -0.3 is 30.0 Å². The van der Waals surface area contributed by atoms with E-state index in [0.29, 0.717) is 18.2 Å². The molecule has 216 valence electrons. The zero-order valence-corrected chi connectivity index (χ0v) is 24.5. The van der Waals surface area contributed by atoms with Crippen LogP contribution < -0.4 is 5.32 Å². The summed E-state index contributed by atoms with van der Waals surface area (Å²) in [6, 6.07) is 16.8. The largest absolute Gasteiger partial charge is 0.361 e. The number of carbonyl (C=O) groups excluding carboxylic acids is 2. The molecule has 2 saturated heterocycles. The number of aromatic amines is 2. The molecule has 2 atom stereocenters. The molecule has 8 heteroatoms. The quantitative estimate of drug-likeness (QED) is 0.295. The van der Waals surface area contributed by atoms with Crippen molar-refractivity contribution in [3.63, 3.8) is 0 Å². The second kappa shape index (κ2) is 11.6. The van der Waals surface area contributed by atoms with Crippen LogP contribution in [0.4, 0.5) is 4.79 Å². The molecule has 2 fully saturated rings. The van der Waals surface area contributed by atoms with Crippen LogP contribution in [0, 0.1) is 6.92 Å². The minimum Gasteiger partial charge on any atom is -0.361 e. The topological polar surface area (TPSA) is 87.5 Å². The molecule has 0 bridgehead atoms. The molecule has 2 aromatic carbocycles. The maximum absolute atomic E-state index is 13.9. The van der Waals surface area contributed by atoms with Gasteiger partial charge in [-0.3, -0.25) is 4.79 Å². The standard InChI is InChI=1S/C33H42N6O2/c1-22-8-9-24-19-31(36-30(24)18-22)32(40)39-21-25(35-33(41)37(2)3)10-11-26(39)14-17-38-15-12-23(13-16-38)28-20-34-29-7-5-4-6-27(28)29/h4-9,18-20,23,25-26,34,36H,10-17,21H2,1-3H3,(H,35,41)/t25-,26-/m1/s1. The number of amides is 3. The summed E-state index contributed by atoms with van der Waals surface area (Å²) in [5.41, 5.74) is 5.43. The van der Waals surface area contributed by atoms with Gasteiger partial charge in [0.15, 0.2) is 0 Å². The van der Waals surface area contributed by atoms with Gasteiger partial charge in [-0.05, 0) is 87.4 Å². The summed E-state index contributed by atoms with van der Waals surface area (Å²) in [5, 5.41) is 5.51. The smallest absolute Gasteiger partial charge is 0.317 e. The maximum Gasteiger partial charge on any atom is 0.317 e. The number of benzene rings is 2. The van der Waals surface area contributed by atoms with Crippen LogP contribution in [-0.2, 0) is 0 Å². The number of carbonyl (C=O) groups is 2. The number of hydrogen-bond acceptors (Lipinski definition) is 3. The van der Waals surface area contributed by atoms with Crippen molar-refractivity contribution in [2.45, 2.75) is 57.0 Å². The molecule has 2 aromatic heterocycles. The second-order valence-electron chi connectivity index (χ2n) is 12.2. The van der Waals surface area contributed by atoms with E-state index in [-0.39, 0.29) is 24.0 Å². The van der Waals surface area contributed by atoms with Crippen LogP contribution in [0.5, 0.6) is 0 Å². The monoisotopic (exact) mass is 554 g/mol. The predicted molar refractivity (Wildman–Crippen MR) is 164 cm³/mol. The lowest BCUT2D eigenvalue weighted by Gasteiger charge is -2.41. The minimum absolute atomic E-state index is 0.0192. The number of hydrogen-bond donors (Lipinski definition) is 3. The lowest BCUT2D eigenvalue weighted by molar-refractivity contribution is 0.0525. The number of rotatable bonds is 6. The molecule has 2 aliphatic rings. The summed E-state index contributed by atoms with van der Waals surface area (Å²) >= 11 is 0. The highest BCUT2D eigenvalue weighted by molar-refractivity contribution is 5.98. The van der Waals surface area contributed by atoms with Gasteiger partial charge in [-0.25, -0.2) is 4.79 Å². The Morgan fingerprint density at radius 3 is 2.61 bits per heavy atom. The molecule has 8 nitrogen and oxygen atoms in total. The Balaban J connectivity index is 1.12. The molecule has 0 spiro atoms. The van der Waals surface area contributed by atoms with Crippen LogP contribution in [0.25, 0.3) is 21.8 Å². The Labute approximate surface area is 242 Å². The summed E-state index contributed by atoms with van der Waals surface area (Å²) in [4.78, 5) is 39.3. The number of aryl methyl sites for hydroxylation is 1. The van der Waals surface area contributed by atoms with Gasteiger partial charge >= 0.3 is 6.03 Å². The molecule has 0 unspecified atom stereocenters. The lowest BCUT2D eigenvalue weighted by atomic mass is 9.89. The number of urea groups is 1. The maximum atomic E-state index is 13.9. The third kappa shape index (κ3) is 5.84. The van der Waals surface area contributed by atoms with Gasteiger partial charge in [-0.15, -0.1) is 0 Å². The summed E-state index contributed by atoms with van der Waals surface area (Å²) < 4.78 is 0. The van der Waals surface area contributed by atoms with Crippen LogP contribution in [0.15, 0.2) is 54.7 Å². The first kappa shape index (κ1) is 27.4. The van der Waals surface area contributed by atoms with Gasteiger partial charge in [-0.2, -0.15) is 0 Å². The number of nitrogens with one attached hydrogen (secondary N) is 3. The summed E-state index contributed by atoms with van der Waals surface area (Å²) in [6.45, 7) is 5.72. The number of para-hydroxylation sites is 1. The number of likely N-dealkylation sites (tertiary alicyclic amines) is 2. The van der Waals surface area contributed by atoms with Crippen LogP contribution >= 0.6 is 0 Å². The summed E-state index contributed by atoms with van der Waals surface area (Å²) in [5.74, 6) is 0.604. The number of nitrogens with zero attached hydrogens (tertiary/aromatic N) is 3. The van der Waals surface area contributed by atoms with E-state index in [2.05, 4.69) is 75.8 Å². The van der Waals surface area contributed by atoms with Crippen molar-refractivity contribution >= 4 is 33.7 Å². The highest BCUT2D eigenvalue weighted by Crippen LogP contribution is 2.33. The van der Waals surface area contributed by atoms with E-state index >= 15 is 0 Å². The van der Waals surface area contributed by atoms with Crippen molar-refractivity contribution in [2.24, 2.45) is 0 Å². The van der Waals surface area contributed by atoms with E-state index in [4.69, 9.17) is 0 Å². The molecule has 6 rings (SSSR count). The van der Waals surface area contributed by atoms with Gasteiger partial charge in [0, 0.05) is 67.3 Å². The van der Waals surface area contributed by atoms with Crippen LogP contribution in [0.1, 0.15) is 59.6 Å². The molecule has 0 aliphatic carbocycles. The second-order valence-corrected chi connectivity index (χ2v) is 12.2. The van der Waals surface area contributed by atoms with Gasteiger partial charge in [0.2, 0.25) is 0 Å². The molecule has 41 heavy (non-hydrogen) atoms. The predicted octanol–water partition coefficient (Wildman–Crippen LogP) is 5.47. The van der Waals surface area contributed by atoms with Crippen LogP contribution in [0.3, 0.4) is 0 Å². The molecule has 0 saturated carbocycles. The number of H-pyrrole nitrogens is 2. The molecular formula is C33H42N6O2. The first-order valence-corrected chi connectivity index (χ1v) is 15.0. The minimum atomic E-state index is -0.111. The average molecular weight is 555 g/mol. The molecule has 4 aromatic rings. The Bertz CT molecular complexity index is 1530. The van der Waals surface area contributed by atoms with Gasteiger partial charge in [0.1, 0.15) is 5.69 Å². The van der Waals surface area contributed by atoms with E-state index < -0.39 is 0 Å².